The molecule has 3 aromatic rings. The van der Waals surface area contributed by atoms with Crippen LogP contribution < -0.4 is 9.80 Å². The fourth-order valence-electron chi connectivity index (χ4n) is 4.74. The Morgan fingerprint density at radius 3 is 2.69 bits per heavy atom. The lowest BCUT2D eigenvalue weighted by atomic mass is 9.93. The minimum absolute atomic E-state index is 0.276. The molecule has 150 valence electrons. The van der Waals surface area contributed by atoms with Crippen LogP contribution in [0.3, 0.4) is 0 Å². The lowest BCUT2D eigenvalue weighted by Gasteiger charge is -2.34. The summed E-state index contributed by atoms with van der Waals surface area (Å²) in [6.45, 7) is 6.76. The summed E-state index contributed by atoms with van der Waals surface area (Å²) in [6.07, 6.45) is 3.68. The van der Waals surface area contributed by atoms with Crippen molar-refractivity contribution in [1.82, 2.24) is 14.6 Å². The van der Waals surface area contributed by atoms with E-state index in [2.05, 4.69) is 39.2 Å². The summed E-state index contributed by atoms with van der Waals surface area (Å²) in [5.41, 5.74) is 5.30. The molecule has 0 aliphatic carbocycles. The van der Waals surface area contributed by atoms with Gasteiger partial charge in [-0.1, -0.05) is 18.2 Å². The summed E-state index contributed by atoms with van der Waals surface area (Å²) in [5, 5.41) is 4.62. The van der Waals surface area contributed by atoms with Crippen molar-refractivity contribution < 1.29 is 4.79 Å². The lowest BCUT2D eigenvalue weighted by molar-refractivity contribution is -0.119. The van der Waals surface area contributed by atoms with Gasteiger partial charge in [-0.2, -0.15) is 9.61 Å². The van der Waals surface area contributed by atoms with Crippen molar-refractivity contribution in [1.29, 1.82) is 0 Å². The molecule has 2 aromatic heterocycles. The summed E-state index contributed by atoms with van der Waals surface area (Å²) in [4.78, 5) is 21.9. The molecule has 6 nitrogen and oxygen atoms in total. The van der Waals surface area contributed by atoms with Gasteiger partial charge in [-0.05, 0) is 50.7 Å². The van der Waals surface area contributed by atoms with Crippen LogP contribution >= 0.6 is 0 Å². The zero-order valence-corrected chi connectivity index (χ0v) is 17.1. The van der Waals surface area contributed by atoms with Crippen LogP contribution in [0.4, 0.5) is 11.5 Å². The van der Waals surface area contributed by atoms with Crippen molar-refractivity contribution in [3.63, 3.8) is 0 Å². The van der Waals surface area contributed by atoms with E-state index in [1.54, 1.807) is 0 Å². The van der Waals surface area contributed by atoms with Gasteiger partial charge in [0.1, 0.15) is 5.82 Å². The second kappa shape index (κ2) is 7.17. The van der Waals surface area contributed by atoms with Gasteiger partial charge in [0.2, 0.25) is 5.91 Å². The van der Waals surface area contributed by atoms with E-state index in [9.17, 15) is 4.79 Å². The number of piperidine rings is 1. The molecule has 4 heterocycles. The summed E-state index contributed by atoms with van der Waals surface area (Å²) in [7, 11) is 0. The number of para-hydroxylation sites is 1. The Morgan fingerprint density at radius 2 is 1.86 bits per heavy atom. The number of carbonyl (C=O) groups is 1. The van der Waals surface area contributed by atoms with E-state index in [0.29, 0.717) is 12.3 Å². The van der Waals surface area contributed by atoms with E-state index in [1.807, 2.05) is 35.4 Å². The smallest absolute Gasteiger partial charge is 0.227 e. The molecule has 5 rings (SSSR count). The first-order chi connectivity index (χ1) is 14.1. The monoisotopic (exact) mass is 389 g/mol. The van der Waals surface area contributed by atoms with Gasteiger partial charge >= 0.3 is 0 Å². The van der Waals surface area contributed by atoms with Gasteiger partial charge in [-0.15, -0.1) is 0 Å². The van der Waals surface area contributed by atoms with Crippen LogP contribution in [-0.2, 0) is 11.2 Å². The molecule has 0 saturated carbocycles. The van der Waals surface area contributed by atoms with E-state index >= 15 is 0 Å². The van der Waals surface area contributed by atoms with Crippen molar-refractivity contribution >= 4 is 23.1 Å². The van der Waals surface area contributed by atoms with E-state index < -0.39 is 0 Å². The summed E-state index contributed by atoms with van der Waals surface area (Å²) >= 11 is 0. The number of carbonyl (C=O) groups excluding carboxylic acids is 1. The normalized spacial score (nSPS) is 17.2. The topological polar surface area (TPSA) is 53.7 Å². The number of rotatable bonds is 3. The van der Waals surface area contributed by atoms with Gasteiger partial charge < -0.3 is 9.80 Å². The van der Waals surface area contributed by atoms with E-state index in [1.165, 1.54) is 5.56 Å². The molecule has 0 atom stereocenters. The first-order valence-electron chi connectivity index (χ1n) is 10.6. The Morgan fingerprint density at radius 1 is 1.07 bits per heavy atom. The number of hydrogen-bond donors (Lipinski definition) is 0. The molecular formula is C23H27N5O. The lowest BCUT2D eigenvalue weighted by Crippen LogP contribution is -2.38. The second-order valence-corrected chi connectivity index (χ2v) is 8.37. The maximum absolute atomic E-state index is 12.9. The SMILES string of the molecule is Cc1cc(N2CCC(CC(=O)N3CCc4ccccc43)CC2)n2nc(C)cc2n1. The highest BCUT2D eigenvalue weighted by molar-refractivity contribution is 5.95. The zero-order valence-electron chi connectivity index (χ0n) is 17.1. The second-order valence-electron chi connectivity index (χ2n) is 8.37. The Bertz CT molecular complexity index is 1060. The Balaban J connectivity index is 1.25. The molecule has 0 spiro atoms. The third-order valence-electron chi connectivity index (χ3n) is 6.25. The van der Waals surface area contributed by atoms with Crippen molar-refractivity contribution in [2.75, 3.05) is 29.4 Å². The molecule has 2 aliphatic heterocycles. The largest absolute Gasteiger partial charge is 0.356 e. The third kappa shape index (κ3) is 3.37. The highest BCUT2D eigenvalue weighted by Crippen LogP contribution is 2.31. The fourth-order valence-corrected chi connectivity index (χ4v) is 4.74. The highest BCUT2D eigenvalue weighted by Gasteiger charge is 2.28. The van der Waals surface area contributed by atoms with Crippen LogP contribution in [0.5, 0.6) is 0 Å². The maximum Gasteiger partial charge on any atom is 0.227 e. The molecule has 1 aromatic carbocycles. The molecule has 2 aliphatic rings. The number of aryl methyl sites for hydroxylation is 2. The van der Waals surface area contributed by atoms with Crippen molar-refractivity contribution in [3.8, 4) is 0 Å². The Labute approximate surface area is 171 Å². The van der Waals surface area contributed by atoms with Crippen LogP contribution in [0.2, 0.25) is 0 Å². The average Bonchev–Trinajstić information content (AvgIpc) is 3.30. The molecule has 29 heavy (non-hydrogen) atoms. The summed E-state index contributed by atoms with van der Waals surface area (Å²) in [5.74, 6) is 1.83. The predicted molar refractivity (Wildman–Crippen MR) is 115 cm³/mol. The molecule has 1 saturated heterocycles. The van der Waals surface area contributed by atoms with Crippen LogP contribution in [0.25, 0.3) is 5.65 Å². The molecule has 0 radical (unpaired) electrons. The molecular weight excluding hydrogens is 362 g/mol. The van der Waals surface area contributed by atoms with Gasteiger partial charge in [0, 0.05) is 49.6 Å². The van der Waals surface area contributed by atoms with Crippen LogP contribution in [0, 0.1) is 19.8 Å². The van der Waals surface area contributed by atoms with Gasteiger partial charge in [0.05, 0.1) is 5.69 Å². The number of anilines is 2. The number of fused-ring (bicyclic) bond motifs is 2. The molecule has 1 fully saturated rings. The van der Waals surface area contributed by atoms with Gasteiger partial charge in [0.15, 0.2) is 5.65 Å². The number of benzene rings is 1. The molecule has 0 unspecified atom stereocenters. The first kappa shape index (κ1) is 18.2. The van der Waals surface area contributed by atoms with Gasteiger partial charge in [-0.25, -0.2) is 4.98 Å². The standard InChI is InChI=1S/C23H27N5O/c1-16-14-22(28-21(24-16)13-17(2)25-28)26-10-7-18(8-11-26)15-23(29)27-12-9-19-5-3-4-6-20(19)27/h3-6,13-14,18H,7-12,15H2,1-2H3. The summed E-state index contributed by atoms with van der Waals surface area (Å²) < 4.78 is 1.95. The summed E-state index contributed by atoms with van der Waals surface area (Å²) in [6, 6.07) is 12.4. The van der Waals surface area contributed by atoms with Crippen molar-refractivity contribution in [2.24, 2.45) is 5.92 Å². The van der Waals surface area contributed by atoms with Crippen LogP contribution in [0.1, 0.15) is 36.2 Å². The molecule has 6 heteroatoms. The number of amides is 1. The highest BCUT2D eigenvalue weighted by atomic mass is 16.2. The number of nitrogens with zero attached hydrogens (tertiary/aromatic N) is 5. The minimum Gasteiger partial charge on any atom is -0.356 e. The van der Waals surface area contributed by atoms with Crippen LogP contribution in [0.15, 0.2) is 36.4 Å². The van der Waals surface area contributed by atoms with Crippen LogP contribution in [-0.4, -0.2) is 40.1 Å². The Hall–Kier alpha value is -2.89. The maximum atomic E-state index is 12.9. The van der Waals surface area contributed by atoms with Crippen molar-refractivity contribution in [3.05, 3.63) is 53.3 Å². The fraction of sp³-hybridized carbons (Fsp3) is 0.435. The number of hydrogen-bond acceptors (Lipinski definition) is 4. The number of aromatic nitrogens is 3. The van der Waals surface area contributed by atoms with Gasteiger partial charge in [0.25, 0.3) is 0 Å². The quantitative estimate of drug-likeness (QED) is 0.688. The van der Waals surface area contributed by atoms with E-state index in [0.717, 1.165) is 67.4 Å². The zero-order chi connectivity index (χ0) is 20.0. The molecule has 0 N–H and O–H groups in total. The third-order valence-corrected chi connectivity index (χ3v) is 6.25. The minimum atomic E-state index is 0.276. The Kier molecular flexibility index (Phi) is 4.49. The van der Waals surface area contributed by atoms with Crippen molar-refractivity contribution in [2.45, 2.75) is 39.5 Å². The van der Waals surface area contributed by atoms with E-state index in [-0.39, 0.29) is 5.91 Å². The average molecular weight is 390 g/mol. The first-order valence-corrected chi connectivity index (χ1v) is 10.6. The predicted octanol–water partition coefficient (Wildman–Crippen LogP) is 3.54. The van der Waals surface area contributed by atoms with E-state index in [4.69, 9.17) is 0 Å². The molecule has 1 amide bonds. The van der Waals surface area contributed by atoms with Gasteiger partial charge in [-0.3, -0.25) is 4.79 Å². The molecule has 0 bridgehead atoms.